The van der Waals surface area contributed by atoms with E-state index in [0.717, 1.165) is 57.4 Å². The van der Waals surface area contributed by atoms with E-state index in [4.69, 9.17) is 9.97 Å². The second-order valence-electron chi connectivity index (χ2n) is 7.92. The fourth-order valence-electron chi connectivity index (χ4n) is 4.22. The fraction of sp³-hybridized carbons (Fsp3) is 0.192. The molecule has 0 atom stereocenters. The summed E-state index contributed by atoms with van der Waals surface area (Å²) in [5.74, 6) is 0.720. The summed E-state index contributed by atoms with van der Waals surface area (Å²) in [4.78, 5) is 22.4. The van der Waals surface area contributed by atoms with Crippen molar-refractivity contribution in [1.29, 1.82) is 0 Å². The molecule has 5 rings (SSSR count). The molecule has 0 radical (unpaired) electrons. The lowest BCUT2D eigenvalue weighted by Crippen LogP contribution is -2.19. The summed E-state index contributed by atoms with van der Waals surface area (Å²) in [6.07, 6.45) is 2.48. The lowest BCUT2D eigenvalue weighted by atomic mass is 9.91. The van der Waals surface area contributed by atoms with Gasteiger partial charge in [0.2, 0.25) is 5.91 Å². The molecule has 1 amide bonds. The first kappa shape index (κ1) is 19.2. The Labute approximate surface area is 180 Å². The van der Waals surface area contributed by atoms with E-state index in [1.807, 2.05) is 37.3 Å². The topological polar surface area (TPSA) is 75.1 Å². The Morgan fingerprint density at radius 2 is 1.84 bits per heavy atom. The van der Waals surface area contributed by atoms with Crippen molar-refractivity contribution in [3.8, 4) is 17.0 Å². The van der Waals surface area contributed by atoms with E-state index < -0.39 is 0 Å². The number of nitrogens with one attached hydrogen (secondary N) is 1. The first-order chi connectivity index (χ1) is 15.1. The van der Waals surface area contributed by atoms with Crippen LogP contribution in [0.5, 0.6) is 5.75 Å². The van der Waals surface area contributed by atoms with Gasteiger partial charge in [-0.15, -0.1) is 0 Å². The van der Waals surface area contributed by atoms with Crippen LogP contribution in [0.25, 0.3) is 22.0 Å². The molecule has 0 aliphatic heterocycles. The van der Waals surface area contributed by atoms with Gasteiger partial charge in [-0.25, -0.2) is 9.97 Å². The van der Waals surface area contributed by atoms with Crippen LogP contribution in [0.4, 0.5) is 5.82 Å². The summed E-state index contributed by atoms with van der Waals surface area (Å²) in [6, 6.07) is 19.6. The molecule has 1 aliphatic carbocycles. The highest BCUT2D eigenvalue weighted by Crippen LogP contribution is 2.34. The lowest BCUT2D eigenvalue weighted by molar-refractivity contribution is -0.115. The molecule has 0 saturated heterocycles. The molecule has 31 heavy (non-hydrogen) atoms. The Hall–Kier alpha value is -3.73. The maximum atomic E-state index is 12.8. The SMILES string of the molecule is CCc1nc2c(nc1NC(=O)Cc1ccc3ccccc3c1)CCc1cc(O)ccc1-2. The number of phenolic OH excluding ortho intramolecular Hbond substituents is 1. The molecule has 0 saturated carbocycles. The molecule has 4 aromatic rings. The van der Waals surface area contributed by atoms with Crippen molar-refractivity contribution in [2.75, 3.05) is 5.32 Å². The first-order valence-electron chi connectivity index (χ1n) is 10.6. The third kappa shape index (κ3) is 3.75. The standard InChI is InChI=1S/C26H23N3O2/c1-2-22-26(28-23-12-9-19-15-20(30)10-11-21(19)25(23)27-22)29-24(31)14-16-7-8-17-5-3-4-6-18(17)13-16/h3-8,10-11,13,15,30H,2,9,12,14H2,1H3,(H,28,29,31). The Morgan fingerprint density at radius 3 is 2.68 bits per heavy atom. The molecular formula is C26H23N3O2. The molecule has 1 aliphatic rings. The largest absolute Gasteiger partial charge is 0.508 e. The maximum absolute atomic E-state index is 12.8. The molecule has 0 spiro atoms. The Bertz CT molecular complexity index is 1310. The smallest absolute Gasteiger partial charge is 0.229 e. The van der Waals surface area contributed by atoms with Crippen LogP contribution >= 0.6 is 0 Å². The van der Waals surface area contributed by atoms with E-state index in [0.29, 0.717) is 12.2 Å². The number of aryl methyl sites for hydroxylation is 3. The Kier molecular flexibility index (Phi) is 4.86. The summed E-state index contributed by atoms with van der Waals surface area (Å²) < 4.78 is 0. The van der Waals surface area contributed by atoms with Crippen LogP contribution in [0.15, 0.2) is 60.7 Å². The molecule has 5 nitrogen and oxygen atoms in total. The number of aromatic nitrogens is 2. The monoisotopic (exact) mass is 409 g/mol. The fourth-order valence-corrected chi connectivity index (χ4v) is 4.22. The normalized spacial score (nSPS) is 12.3. The van der Waals surface area contributed by atoms with Crippen LogP contribution in [0, 0.1) is 0 Å². The molecule has 1 heterocycles. The molecule has 0 unspecified atom stereocenters. The number of benzene rings is 3. The van der Waals surface area contributed by atoms with Crippen molar-refractivity contribution in [3.05, 3.63) is 83.2 Å². The van der Waals surface area contributed by atoms with Gasteiger partial charge in [-0.2, -0.15) is 0 Å². The predicted octanol–water partition coefficient (Wildman–Crippen LogP) is 4.84. The van der Waals surface area contributed by atoms with E-state index in [1.165, 1.54) is 0 Å². The van der Waals surface area contributed by atoms with Gasteiger partial charge in [-0.3, -0.25) is 4.79 Å². The van der Waals surface area contributed by atoms with Gasteiger partial charge in [0.25, 0.3) is 0 Å². The minimum absolute atomic E-state index is 0.0969. The van der Waals surface area contributed by atoms with Gasteiger partial charge in [-0.05, 0) is 59.4 Å². The average Bonchev–Trinajstić information content (AvgIpc) is 2.78. The number of phenols is 1. The number of carbonyl (C=O) groups is 1. The molecule has 5 heteroatoms. The zero-order chi connectivity index (χ0) is 21.4. The van der Waals surface area contributed by atoms with E-state index >= 15 is 0 Å². The highest BCUT2D eigenvalue weighted by molar-refractivity contribution is 5.93. The highest BCUT2D eigenvalue weighted by atomic mass is 16.3. The van der Waals surface area contributed by atoms with Crippen molar-refractivity contribution >= 4 is 22.5 Å². The van der Waals surface area contributed by atoms with E-state index in [1.54, 1.807) is 12.1 Å². The molecule has 3 aromatic carbocycles. The van der Waals surface area contributed by atoms with Gasteiger partial charge in [0, 0.05) is 5.56 Å². The highest BCUT2D eigenvalue weighted by Gasteiger charge is 2.22. The number of amides is 1. The summed E-state index contributed by atoms with van der Waals surface area (Å²) in [5, 5.41) is 15.1. The van der Waals surface area contributed by atoms with Crippen LogP contribution in [0.3, 0.4) is 0 Å². The molecular weight excluding hydrogens is 386 g/mol. The minimum Gasteiger partial charge on any atom is -0.508 e. The Morgan fingerprint density at radius 1 is 1.00 bits per heavy atom. The zero-order valence-corrected chi connectivity index (χ0v) is 17.4. The van der Waals surface area contributed by atoms with Gasteiger partial charge in [0.1, 0.15) is 5.75 Å². The van der Waals surface area contributed by atoms with Gasteiger partial charge in [0.15, 0.2) is 5.82 Å². The number of aromatic hydroxyl groups is 1. The van der Waals surface area contributed by atoms with Gasteiger partial charge in [0.05, 0.1) is 23.5 Å². The van der Waals surface area contributed by atoms with Crippen molar-refractivity contribution < 1.29 is 9.90 Å². The number of carbonyl (C=O) groups excluding carboxylic acids is 1. The second kappa shape index (κ2) is 7.84. The quantitative estimate of drug-likeness (QED) is 0.506. The van der Waals surface area contributed by atoms with Crippen molar-refractivity contribution in [3.63, 3.8) is 0 Å². The number of fused-ring (bicyclic) bond motifs is 4. The van der Waals surface area contributed by atoms with Gasteiger partial charge in [-0.1, -0.05) is 49.4 Å². The van der Waals surface area contributed by atoms with Crippen LogP contribution in [0.2, 0.25) is 0 Å². The van der Waals surface area contributed by atoms with Crippen LogP contribution < -0.4 is 5.32 Å². The lowest BCUT2D eigenvalue weighted by Gasteiger charge is -2.20. The van der Waals surface area contributed by atoms with Crippen LogP contribution in [-0.4, -0.2) is 21.0 Å². The molecule has 0 fully saturated rings. The number of nitrogens with zero attached hydrogens (tertiary/aromatic N) is 2. The van der Waals surface area contributed by atoms with Gasteiger partial charge < -0.3 is 10.4 Å². The second-order valence-corrected chi connectivity index (χ2v) is 7.92. The summed E-state index contributed by atoms with van der Waals surface area (Å²) >= 11 is 0. The Balaban J connectivity index is 1.41. The number of hydrogen-bond donors (Lipinski definition) is 2. The third-order valence-corrected chi connectivity index (χ3v) is 5.79. The summed E-state index contributed by atoms with van der Waals surface area (Å²) in [6.45, 7) is 2.01. The van der Waals surface area contributed by atoms with Crippen LogP contribution in [-0.2, 0) is 30.5 Å². The zero-order valence-electron chi connectivity index (χ0n) is 17.4. The summed E-state index contributed by atoms with van der Waals surface area (Å²) in [5.41, 5.74) is 5.56. The predicted molar refractivity (Wildman–Crippen MR) is 122 cm³/mol. The van der Waals surface area contributed by atoms with Crippen molar-refractivity contribution in [2.24, 2.45) is 0 Å². The van der Waals surface area contributed by atoms with Crippen molar-refractivity contribution in [2.45, 2.75) is 32.6 Å². The maximum Gasteiger partial charge on any atom is 0.229 e. The van der Waals surface area contributed by atoms with E-state index in [2.05, 4.69) is 23.5 Å². The van der Waals surface area contributed by atoms with Gasteiger partial charge >= 0.3 is 0 Å². The third-order valence-electron chi connectivity index (χ3n) is 5.79. The van der Waals surface area contributed by atoms with Crippen LogP contribution in [0.1, 0.15) is 29.4 Å². The molecule has 154 valence electrons. The molecule has 2 N–H and O–H groups in total. The molecule has 1 aromatic heterocycles. The van der Waals surface area contributed by atoms with E-state index in [9.17, 15) is 9.90 Å². The number of rotatable bonds is 4. The summed E-state index contributed by atoms with van der Waals surface area (Å²) in [7, 11) is 0. The van der Waals surface area contributed by atoms with Crippen molar-refractivity contribution in [1.82, 2.24) is 9.97 Å². The van der Waals surface area contributed by atoms with E-state index in [-0.39, 0.29) is 18.1 Å². The molecule has 0 bridgehead atoms. The minimum atomic E-state index is -0.0969. The number of anilines is 1. The average molecular weight is 409 g/mol. The first-order valence-corrected chi connectivity index (χ1v) is 10.6. The number of hydrogen-bond acceptors (Lipinski definition) is 4.